The van der Waals surface area contributed by atoms with E-state index in [1.54, 1.807) is 18.2 Å². The summed E-state index contributed by atoms with van der Waals surface area (Å²) >= 11 is 0. The Kier molecular flexibility index (Phi) is 8.28. The van der Waals surface area contributed by atoms with Crippen molar-refractivity contribution >= 4 is 39.6 Å². The Morgan fingerprint density at radius 3 is 2.35 bits per heavy atom. The van der Waals surface area contributed by atoms with Crippen LogP contribution in [0, 0.1) is 13.8 Å². The van der Waals surface area contributed by atoms with Gasteiger partial charge in [-0.2, -0.15) is 0 Å². The maximum absolute atomic E-state index is 12.9. The smallest absolute Gasteiger partial charge is 0.255 e. The molecule has 4 aromatic rings. The molecule has 1 aliphatic rings. The molecule has 1 fully saturated rings. The van der Waals surface area contributed by atoms with Gasteiger partial charge in [-0.15, -0.1) is 0 Å². The number of morpholine rings is 1. The molecule has 1 amide bonds. The maximum atomic E-state index is 12.9. The van der Waals surface area contributed by atoms with E-state index >= 15 is 0 Å². The highest BCUT2D eigenvalue weighted by atomic mass is 16.5. The number of phenolic OH excluding ortho intramolecular Hbond substituents is 1. The second-order valence-corrected chi connectivity index (χ2v) is 10.7. The molecule has 0 unspecified atom stereocenters. The maximum Gasteiger partial charge on any atom is 0.255 e. The summed E-state index contributed by atoms with van der Waals surface area (Å²) in [5.41, 5.74) is 7.63. The van der Waals surface area contributed by atoms with Crippen LogP contribution in [0.3, 0.4) is 0 Å². The van der Waals surface area contributed by atoms with Gasteiger partial charge in [-0.25, -0.2) is 0 Å². The quantitative estimate of drug-likeness (QED) is 0.250. The normalized spacial score (nSPS) is 13.7. The van der Waals surface area contributed by atoms with Crippen LogP contribution in [0.4, 0.5) is 22.7 Å². The van der Waals surface area contributed by atoms with Crippen molar-refractivity contribution in [2.75, 3.05) is 62.5 Å². The molecule has 0 atom stereocenters. The number of aromatic nitrogens is 1. The van der Waals surface area contributed by atoms with Crippen LogP contribution >= 0.6 is 0 Å². The number of aryl methyl sites for hydroxylation is 2. The predicted molar refractivity (Wildman–Crippen MR) is 163 cm³/mol. The molecule has 1 aromatic heterocycles. The highest BCUT2D eigenvalue weighted by Crippen LogP contribution is 2.32. The van der Waals surface area contributed by atoms with Gasteiger partial charge in [0.15, 0.2) is 0 Å². The molecule has 8 nitrogen and oxygen atoms in total. The minimum Gasteiger partial charge on any atom is -0.506 e. The third-order valence-corrected chi connectivity index (χ3v) is 7.65. The summed E-state index contributed by atoms with van der Waals surface area (Å²) in [6.45, 7) is 9.20. The number of rotatable bonds is 9. The van der Waals surface area contributed by atoms with Gasteiger partial charge in [-0.3, -0.25) is 4.79 Å². The van der Waals surface area contributed by atoms with Gasteiger partial charge in [-0.05, 0) is 101 Å². The van der Waals surface area contributed by atoms with E-state index in [4.69, 9.17) is 4.74 Å². The van der Waals surface area contributed by atoms with Gasteiger partial charge >= 0.3 is 0 Å². The van der Waals surface area contributed by atoms with Crippen LogP contribution < -0.4 is 15.5 Å². The molecule has 3 aromatic carbocycles. The number of carbonyl (C=O) groups excluding carboxylic acids is 1. The Hall–Kier alpha value is -4.01. The number of ether oxygens (including phenoxy) is 1. The van der Waals surface area contributed by atoms with Gasteiger partial charge in [0, 0.05) is 64.9 Å². The van der Waals surface area contributed by atoms with Crippen LogP contribution in [0.5, 0.6) is 5.75 Å². The topological polar surface area (TPSA) is 82.0 Å². The molecule has 0 radical (unpaired) electrons. The van der Waals surface area contributed by atoms with Crippen molar-refractivity contribution in [2.24, 2.45) is 0 Å². The number of fused-ring (bicyclic) bond motifs is 1. The largest absolute Gasteiger partial charge is 0.506 e. The molecule has 1 aliphatic heterocycles. The number of hydrogen-bond acceptors (Lipinski definition) is 6. The molecule has 40 heavy (non-hydrogen) atoms. The lowest BCUT2D eigenvalue weighted by atomic mass is 10.1. The minimum atomic E-state index is -0.229. The SMILES string of the molecule is Cc1c(C)n(CCCN(C)C)c2ccc(Nc3ccc(C(=O)Nc4ccc(N5CCOCC5)c(O)c4)cc3)cc12. The fourth-order valence-electron chi connectivity index (χ4n) is 5.31. The number of amides is 1. The summed E-state index contributed by atoms with van der Waals surface area (Å²) in [5.74, 6) is -0.0845. The summed E-state index contributed by atoms with van der Waals surface area (Å²) in [4.78, 5) is 17.2. The Morgan fingerprint density at radius 1 is 0.950 bits per heavy atom. The van der Waals surface area contributed by atoms with E-state index in [-0.39, 0.29) is 11.7 Å². The van der Waals surface area contributed by atoms with Crippen molar-refractivity contribution in [1.82, 2.24) is 9.47 Å². The zero-order chi connectivity index (χ0) is 28.2. The highest BCUT2D eigenvalue weighted by molar-refractivity contribution is 6.04. The third-order valence-electron chi connectivity index (χ3n) is 7.65. The molecule has 0 saturated carbocycles. The van der Waals surface area contributed by atoms with Crippen molar-refractivity contribution < 1.29 is 14.6 Å². The van der Waals surface area contributed by atoms with Crippen molar-refractivity contribution in [3.05, 3.63) is 77.5 Å². The first-order chi connectivity index (χ1) is 19.3. The number of benzene rings is 3. The van der Waals surface area contributed by atoms with E-state index in [0.717, 1.165) is 49.7 Å². The van der Waals surface area contributed by atoms with Gasteiger partial charge in [0.2, 0.25) is 0 Å². The third kappa shape index (κ3) is 6.08. The van der Waals surface area contributed by atoms with Crippen molar-refractivity contribution in [3.63, 3.8) is 0 Å². The van der Waals surface area contributed by atoms with E-state index in [0.29, 0.717) is 24.5 Å². The lowest BCUT2D eigenvalue weighted by Gasteiger charge is -2.29. The second-order valence-electron chi connectivity index (χ2n) is 10.7. The molecular formula is C32H39N5O3. The lowest BCUT2D eigenvalue weighted by molar-refractivity contribution is 0.102. The van der Waals surface area contributed by atoms with Crippen molar-refractivity contribution in [2.45, 2.75) is 26.8 Å². The second kappa shape index (κ2) is 12.0. The lowest BCUT2D eigenvalue weighted by Crippen LogP contribution is -2.36. The molecule has 8 heteroatoms. The average molecular weight is 542 g/mol. The summed E-state index contributed by atoms with van der Waals surface area (Å²) in [6, 6.07) is 19.2. The van der Waals surface area contributed by atoms with Gasteiger partial charge in [0.05, 0.1) is 18.9 Å². The zero-order valence-corrected chi connectivity index (χ0v) is 23.8. The number of hydrogen-bond donors (Lipinski definition) is 3. The number of aromatic hydroxyl groups is 1. The molecule has 0 aliphatic carbocycles. The van der Waals surface area contributed by atoms with Gasteiger partial charge in [0.25, 0.3) is 5.91 Å². The zero-order valence-electron chi connectivity index (χ0n) is 23.8. The van der Waals surface area contributed by atoms with Crippen LogP contribution in [0.1, 0.15) is 28.0 Å². The first-order valence-electron chi connectivity index (χ1n) is 13.9. The van der Waals surface area contributed by atoms with E-state index in [1.165, 1.54) is 22.2 Å². The molecule has 0 spiro atoms. The molecular weight excluding hydrogens is 502 g/mol. The standard InChI is InChI=1S/C32H39N5O3/c1-22-23(2)37(15-5-14-35(3)4)29-12-10-26(20-28(22)29)33-25-8-6-24(7-9-25)32(39)34-27-11-13-30(31(38)21-27)36-16-18-40-19-17-36/h6-13,20-21,33,38H,5,14-19H2,1-4H3,(H,34,39). The number of nitrogens with zero attached hydrogens (tertiary/aromatic N) is 3. The molecule has 5 rings (SSSR count). The Balaban J connectivity index is 1.23. The Morgan fingerprint density at radius 2 is 1.65 bits per heavy atom. The van der Waals surface area contributed by atoms with Crippen LogP contribution in [-0.4, -0.2) is 67.4 Å². The molecule has 210 valence electrons. The van der Waals surface area contributed by atoms with E-state index < -0.39 is 0 Å². The molecule has 0 bridgehead atoms. The molecule has 3 N–H and O–H groups in total. The fraction of sp³-hybridized carbons (Fsp3) is 0.344. The van der Waals surface area contributed by atoms with Crippen LogP contribution in [0.2, 0.25) is 0 Å². The number of carbonyl (C=O) groups is 1. The van der Waals surface area contributed by atoms with Crippen LogP contribution in [-0.2, 0) is 11.3 Å². The summed E-state index contributed by atoms with van der Waals surface area (Å²) in [5, 5.41) is 18.1. The monoisotopic (exact) mass is 541 g/mol. The van der Waals surface area contributed by atoms with Crippen LogP contribution in [0.15, 0.2) is 60.7 Å². The number of nitrogens with one attached hydrogen (secondary N) is 2. The summed E-state index contributed by atoms with van der Waals surface area (Å²) in [7, 11) is 4.22. The molecule has 2 heterocycles. The minimum absolute atomic E-state index is 0.144. The Bertz CT molecular complexity index is 1490. The van der Waals surface area contributed by atoms with Gasteiger partial charge in [-0.1, -0.05) is 0 Å². The average Bonchev–Trinajstić information content (AvgIpc) is 3.18. The highest BCUT2D eigenvalue weighted by Gasteiger charge is 2.16. The molecule has 1 saturated heterocycles. The van der Waals surface area contributed by atoms with Gasteiger partial charge < -0.3 is 34.8 Å². The Labute approximate surface area is 236 Å². The summed E-state index contributed by atoms with van der Waals surface area (Å²) < 4.78 is 7.80. The van der Waals surface area contributed by atoms with Gasteiger partial charge in [0.1, 0.15) is 5.75 Å². The number of anilines is 4. The van der Waals surface area contributed by atoms with E-state index in [1.807, 2.05) is 24.3 Å². The first kappa shape index (κ1) is 27.6. The first-order valence-corrected chi connectivity index (χ1v) is 13.9. The van der Waals surface area contributed by atoms with E-state index in [2.05, 4.69) is 71.1 Å². The van der Waals surface area contributed by atoms with E-state index in [9.17, 15) is 9.90 Å². The van der Waals surface area contributed by atoms with Crippen molar-refractivity contribution in [1.29, 1.82) is 0 Å². The van der Waals surface area contributed by atoms with Crippen molar-refractivity contribution in [3.8, 4) is 5.75 Å². The fourth-order valence-corrected chi connectivity index (χ4v) is 5.31. The number of phenols is 1. The van der Waals surface area contributed by atoms with Crippen LogP contribution in [0.25, 0.3) is 10.9 Å². The predicted octanol–water partition coefficient (Wildman–Crippen LogP) is 5.75. The summed E-state index contributed by atoms with van der Waals surface area (Å²) in [6.07, 6.45) is 1.11.